The molecule has 0 aliphatic carbocycles. The van der Waals surface area contributed by atoms with Gasteiger partial charge in [0, 0.05) is 72.2 Å². The van der Waals surface area contributed by atoms with Crippen molar-refractivity contribution >= 4 is 44.6 Å². The summed E-state index contributed by atoms with van der Waals surface area (Å²) in [5.74, 6) is 2.02. The van der Waals surface area contributed by atoms with Crippen LogP contribution in [0.15, 0.2) is 188 Å². The van der Waals surface area contributed by atoms with Gasteiger partial charge in [0.15, 0.2) is 0 Å². The second kappa shape index (κ2) is 20.2. The van der Waals surface area contributed by atoms with Crippen molar-refractivity contribution < 1.29 is 25.8 Å². The molecule has 0 saturated heterocycles. The van der Waals surface area contributed by atoms with Crippen LogP contribution in [0.4, 0.5) is 22.7 Å². The Morgan fingerprint density at radius 3 is 1.64 bits per heavy atom. The maximum Gasteiger partial charge on any atom is 0.135 e. The zero-order valence-electron chi connectivity index (χ0n) is 47.5. The van der Waals surface area contributed by atoms with E-state index in [4.69, 9.17) is 9.72 Å². The third-order valence-electron chi connectivity index (χ3n) is 15.9. The Balaban J connectivity index is 0.00000688. The van der Waals surface area contributed by atoms with Crippen molar-refractivity contribution in [3.8, 4) is 28.4 Å². The van der Waals surface area contributed by atoms with E-state index < -0.39 is 0 Å². The predicted octanol–water partition coefficient (Wildman–Crippen LogP) is 19.2. The van der Waals surface area contributed by atoms with Gasteiger partial charge >= 0.3 is 0 Å². The molecule has 1 aliphatic rings. The first-order valence-electron chi connectivity index (χ1n) is 27.2. The molecule has 3 heterocycles. The minimum Gasteiger partial charge on any atom is -0.509 e. The molecule has 8 aromatic carbocycles. The molecule has 0 N–H and O–H groups in total. The number of fused-ring (bicyclic) bond motifs is 4. The molecule has 0 amide bonds. The number of nitrogens with zero attached hydrogens (tertiary/aromatic N) is 4. The van der Waals surface area contributed by atoms with Gasteiger partial charge in [-0.3, -0.25) is 0 Å². The van der Waals surface area contributed by atoms with Crippen molar-refractivity contribution in [2.45, 2.75) is 117 Å². The summed E-state index contributed by atoms with van der Waals surface area (Å²) in [6.45, 7) is 32.2. The molecular weight excluding hydrogens is 1130 g/mol. The quantitative estimate of drug-likeness (QED) is 0.128. The molecule has 11 rings (SSSR count). The maximum absolute atomic E-state index is 6.89. The topological polar surface area (TPSA) is 33.5 Å². The summed E-state index contributed by atoms with van der Waals surface area (Å²) in [6, 6.07) is 73.3. The number of aromatic nitrogens is 2. The molecule has 0 atom stereocenters. The average Bonchev–Trinajstić information content (AvgIpc) is 4.10. The van der Waals surface area contributed by atoms with Crippen LogP contribution in [0.25, 0.3) is 38.8 Å². The van der Waals surface area contributed by atoms with E-state index in [2.05, 4.69) is 293 Å². The van der Waals surface area contributed by atoms with E-state index in [1.807, 2.05) is 18.3 Å². The number of pyridine rings is 1. The molecule has 10 aromatic rings. The molecule has 0 radical (unpaired) electrons. The Bertz CT molecular complexity index is 3820. The van der Waals surface area contributed by atoms with Crippen LogP contribution in [0.3, 0.4) is 0 Å². The standard InChI is InChI=1S/C72H71N4O.Pt/c1-68(2,3)52-32-35-63-60(41-52)59-34-33-58(44-64(59)76(63)67-42-53(36-37-73-67)71(10,11)50-26-19-15-20-27-50)77-57-31-23-30-55(43-57)74-47-75(66-46-62(70(7,8)9)61(45-65(66)74)69(4,5)6)56-39-49(48-24-17-14-18-25-48)38-54(40-56)72(12,13)51-28-21-16-22-29-51;/h14-42,45-47H,1-13H3;/q-3;. The number of hydrogen-bond acceptors (Lipinski definition) is 4. The molecule has 0 spiro atoms. The van der Waals surface area contributed by atoms with E-state index in [0.717, 1.165) is 50.4 Å². The van der Waals surface area contributed by atoms with Crippen molar-refractivity contribution in [2.24, 2.45) is 0 Å². The van der Waals surface area contributed by atoms with Gasteiger partial charge in [-0.2, -0.15) is 12.1 Å². The Morgan fingerprint density at radius 1 is 0.436 bits per heavy atom. The number of anilines is 4. The van der Waals surface area contributed by atoms with Crippen LogP contribution in [-0.4, -0.2) is 9.55 Å². The largest absolute Gasteiger partial charge is 0.509 e. The van der Waals surface area contributed by atoms with Gasteiger partial charge in [0.25, 0.3) is 0 Å². The van der Waals surface area contributed by atoms with Gasteiger partial charge in [0.1, 0.15) is 5.82 Å². The summed E-state index contributed by atoms with van der Waals surface area (Å²) in [7, 11) is 0. The summed E-state index contributed by atoms with van der Waals surface area (Å²) < 4.78 is 9.14. The van der Waals surface area contributed by atoms with Crippen LogP contribution in [0.1, 0.15) is 129 Å². The third-order valence-corrected chi connectivity index (χ3v) is 15.9. The number of hydrogen-bond donors (Lipinski definition) is 0. The summed E-state index contributed by atoms with van der Waals surface area (Å²) >= 11 is 0. The van der Waals surface area contributed by atoms with Gasteiger partial charge in [-0.05, 0) is 114 Å². The van der Waals surface area contributed by atoms with Crippen molar-refractivity contribution in [3.05, 3.63) is 246 Å². The minimum atomic E-state index is -0.279. The number of benzene rings is 8. The Kier molecular flexibility index (Phi) is 14.0. The Labute approximate surface area is 478 Å². The van der Waals surface area contributed by atoms with Crippen LogP contribution in [0, 0.1) is 18.8 Å². The average molecular weight is 1200 g/mol. The molecule has 0 bridgehead atoms. The van der Waals surface area contributed by atoms with Gasteiger partial charge in [0.05, 0.1) is 0 Å². The maximum atomic E-state index is 6.89. The Morgan fingerprint density at radius 2 is 1.03 bits per heavy atom. The van der Waals surface area contributed by atoms with E-state index in [1.165, 1.54) is 50.1 Å². The molecule has 0 unspecified atom stereocenters. The first-order valence-corrected chi connectivity index (χ1v) is 27.2. The minimum absolute atomic E-state index is 0. The fourth-order valence-corrected chi connectivity index (χ4v) is 11.2. The first kappa shape index (κ1) is 54.2. The Hall–Kier alpha value is -7.20. The van der Waals surface area contributed by atoms with Crippen LogP contribution in [0.5, 0.6) is 11.5 Å². The SMILES string of the molecule is CC(C)(C)c1ccc2c(c1)c1ccc(Oc3[c-]c(N4[CH-]N(c5cc(-c6ccccc6)cc(C(C)(C)c6ccccc6)c5)c5cc(C(C)(C)C)c(C(C)(C)C)cc54)ccc3)[c-]c1n2-c1cc(C(C)(C)c2ccccc2)ccn1.[Pt]. The summed E-state index contributed by atoms with van der Waals surface area (Å²) in [5, 5.41) is 2.24. The molecule has 6 heteroatoms. The fourth-order valence-electron chi connectivity index (χ4n) is 11.2. The van der Waals surface area contributed by atoms with E-state index in [0.29, 0.717) is 11.5 Å². The molecule has 0 fully saturated rings. The van der Waals surface area contributed by atoms with Gasteiger partial charge < -0.3 is 19.1 Å². The van der Waals surface area contributed by atoms with E-state index in [-0.39, 0.29) is 48.1 Å². The molecule has 0 saturated carbocycles. The van der Waals surface area contributed by atoms with Gasteiger partial charge in [-0.15, -0.1) is 48.1 Å². The van der Waals surface area contributed by atoms with Gasteiger partial charge in [-0.1, -0.05) is 205 Å². The van der Waals surface area contributed by atoms with Crippen molar-refractivity contribution in [2.75, 3.05) is 9.80 Å². The summed E-state index contributed by atoms with van der Waals surface area (Å²) in [5.41, 5.74) is 16.5. The van der Waals surface area contributed by atoms with Crippen molar-refractivity contribution in [1.82, 2.24) is 9.55 Å². The fraction of sp³-hybridized carbons (Fsp3) is 0.250. The molecule has 2 aromatic heterocycles. The smallest absolute Gasteiger partial charge is 0.135 e. The molecule has 398 valence electrons. The van der Waals surface area contributed by atoms with Crippen LogP contribution >= 0.6 is 0 Å². The first-order chi connectivity index (χ1) is 36.6. The number of rotatable bonds is 10. The van der Waals surface area contributed by atoms with Crippen molar-refractivity contribution in [3.63, 3.8) is 0 Å². The van der Waals surface area contributed by atoms with E-state index in [1.54, 1.807) is 0 Å². The van der Waals surface area contributed by atoms with E-state index in [9.17, 15) is 0 Å². The molecular formula is C72H71N4OPt-3. The third kappa shape index (κ3) is 10.1. The monoisotopic (exact) mass is 1200 g/mol. The van der Waals surface area contributed by atoms with Crippen LogP contribution in [0.2, 0.25) is 0 Å². The normalized spacial score (nSPS) is 13.2. The zero-order valence-corrected chi connectivity index (χ0v) is 49.8. The molecule has 78 heavy (non-hydrogen) atoms. The van der Waals surface area contributed by atoms with E-state index >= 15 is 0 Å². The second-order valence-corrected chi connectivity index (χ2v) is 25.2. The molecule has 1 aliphatic heterocycles. The summed E-state index contributed by atoms with van der Waals surface area (Å²) in [4.78, 5) is 9.72. The molecule has 5 nitrogen and oxygen atoms in total. The van der Waals surface area contributed by atoms with Gasteiger partial charge in [-0.25, -0.2) is 4.98 Å². The van der Waals surface area contributed by atoms with Crippen molar-refractivity contribution in [1.29, 1.82) is 0 Å². The van der Waals surface area contributed by atoms with Gasteiger partial charge in [0.2, 0.25) is 0 Å². The number of ether oxygens (including phenoxy) is 1. The van der Waals surface area contributed by atoms with Crippen LogP contribution in [-0.2, 0) is 48.1 Å². The summed E-state index contributed by atoms with van der Waals surface area (Å²) in [6.07, 6.45) is 1.94. The van der Waals surface area contributed by atoms with Crippen LogP contribution < -0.4 is 14.5 Å². The second-order valence-electron chi connectivity index (χ2n) is 25.2. The zero-order chi connectivity index (χ0) is 54.2. The predicted molar refractivity (Wildman–Crippen MR) is 323 cm³/mol.